The molecular formula is C19H23N3O. The summed E-state index contributed by atoms with van der Waals surface area (Å²) < 4.78 is 1.89. The molecular weight excluding hydrogens is 286 g/mol. The SMILES string of the molecule is C=CCN(CC=C)C(=O)Cc1c(C)nn(-c2ccccc2)c1C. The van der Waals surface area contributed by atoms with Crippen molar-refractivity contribution >= 4 is 5.91 Å². The molecule has 0 N–H and O–H groups in total. The van der Waals surface area contributed by atoms with Crippen molar-refractivity contribution in [2.45, 2.75) is 20.3 Å². The molecule has 0 atom stereocenters. The Balaban J connectivity index is 2.27. The number of benzene rings is 1. The molecule has 0 radical (unpaired) electrons. The van der Waals surface area contributed by atoms with Gasteiger partial charge in [-0.3, -0.25) is 4.79 Å². The molecule has 0 saturated carbocycles. The van der Waals surface area contributed by atoms with E-state index in [9.17, 15) is 4.79 Å². The molecule has 1 aromatic carbocycles. The minimum absolute atomic E-state index is 0.0589. The molecule has 1 aromatic heterocycles. The molecule has 23 heavy (non-hydrogen) atoms. The Bertz CT molecular complexity index is 691. The maximum atomic E-state index is 12.5. The van der Waals surface area contributed by atoms with Crippen LogP contribution in [0, 0.1) is 13.8 Å². The number of carbonyl (C=O) groups is 1. The maximum Gasteiger partial charge on any atom is 0.227 e. The first-order valence-electron chi connectivity index (χ1n) is 7.68. The zero-order chi connectivity index (χ0) is 16.8. The summed E-state index contributed by atoms with van der Waals surface area (Å²) in [6.45, 7) is 12.4. The number of aromatic nitrogens is 2. The van der Waals surface area contributed by atoms with Crippen molar-refractivity contribution in [2.75, 3.05) is 13.1 Å². The highest BCUT2D eigenvalue weighted by Crippen LogP contribution is 2.19. The van der Waals surface area contributed by atoms with E-state index in [2.05, 4.69) is 18.3 Å². The highest BCUT2D eigenvalue weighted by atomic mass is 16.2. The summed E-state index contributed by atoms with van der Waals surface area (Å²) in [6, 6.07) is 9.95. The molecule has 0 aliphatic rings. The first kappa shape index (κ1) is 16.7. The minimum Gasteiger partial charge on any atom is -0.335 e. The number of carbonyl (C=O) groups excluding carboxylic acids is 1. The Hall–Kier alpha value is -2.62. The first-order chi connectivity index (χ1) is 11.1. The van der Waals surface area contributed by atoms with Gasteiger partial charge in [0.25, 0.3) is 0 Å². The van der Waals surface area contributed by atoms with Crippen molar-refractivity contribution in [1.29, 1.82) is 0 Å². The molecule has 2 aromatic rings. The Morgan fingerprint density at radius 1 is 1.17 bits per heavy atom. The molecule has 4 nitrogen and oxygen atoms in total. The van der Waals surface area contributed by atoms with Gasteiger partial charge in [-0.25, -0.2) is 4.68 Å². The molecule has 120 valence electrons. The smallest absolute Gasteiger partial charge is 0.227 e. The second-order valence-corrected chi connectivity index (χ2v) is 5.45. The highest BCUT2D eigenvalue weighted by Gasteiger charge is 2.18. The molecule has 0 aliphatic carbocycles. The molecule has 0 saturated heterocycles. The fourth-order valence-corrected chi connectivity index (χ4v) is 2.60. The number of amides is 1. The van der Waals surface area contributed by atoms with Gasteiger partial charge in [0, 0.05) is 24.3 Å². The average molecular weight is 309 g/mol. The Labute approximate surface area is 137 Å². The molecule has 0 aliphatic heterocycles. The average Bonchev–Trinajstić information content (AvgIpc) is 2.83. The Morgan fingerprint density at radius 3 is 2.35 bits per heavy atom. The van der Waals surface area contributed by atoms with Crippen LogP contribution >= 0.6 is 0 Å². The van der Waals surface area contributed by atoms with E-state index in [1.807, 2.05) is 48.9 Å². The summed E-state index contributed by atoms with van der Waals surface area (Å²) in [6.07, 6.45) is 3.80. The molecule has 0 bridgehead atoms. The second kappa shape index (κ2) is 7.58. The zero-order valence-electron chi connectivity index (χ0n) is 13.8. The van der Waals surface area contributed by atoms with Gasteiger partial charge in [-0.15, -0.1) is 13.2 Å². The summed E-state index contributed by atoms with van der Waals surface area (Å²) in [5.74, 6) is 0.0589. The quantitative estimate of drug-likeness (QED) is 0.737. The van der Waals surface area contributed by atoms with Gasteiger partial charge in [-0.05, 0) is 26.0 Å². The fraction of sp³-hybridized carbons (Fsp3) is 0.263. The van der Waals surface area contributed by atoms with Crippen LogP contribution in [0.5, 0.6) is 0 Å². The third-order valence-corrected chi connectivity index (χ3v) is 3.82. The van der Waals surface area contributed by atoms with Crippen molar-refractivity contribution in [2.24, 2.45) is 0 Å². The van der Waals surface area contributed by atoms with Crippen LogP contribution in [0.15, 0.2) is 55.6 Å². The largest absolute Gasteiger partial charge is 0.335 e. The predicted octanol–water partition coefficient (Wildman–Crippen LogP) is 3.23. The van der Waals surface area contributed by atoms with E-state index in [4.69, 9.17) is 0 Å². The van der Waals surface area contributed by atoms with E-state index in [0.29, 0.717) is 19.5 Å². The van der Waals surface area contributed by atoms with E-state index in [-0.39, 0.29) is 5.91 Å². The van der Waals surface area contributed by atoms with Gasteiger partial charge in [0.15, 0.2) is 0 Å². The van der Waals surface area contributed by atoms with Gasteiger partial charge in [0.05, 0.1) is 17.8 Å². The zero-order valence-corrected chi connectivity index (χ0v) is 13.8. The summed E-state index contributed by atoms with van der Waals surface area (Å²) in [5.41, 5.74) is 3.87. The van der Waals surface area contributed by atoms with Gasteiger partial charge in [0.1, 0.15) is 0 Å². The predicted molar refractivity (Wildman–Crippen MR) is 93.7 cm³/mol. The van der Waals surface area contributed by atoms with Crippen molar-refractivity contribution in [3.05, 3.63) is 72.6 Å². The number of aryl methyl sites for hydroxylation is 1. The van der Waals surface area contributed by atoms with E-state index in [1.54, 1.807) is 17.1 Å². The molecule has 1 amide bonds. The molecule has 2 rings (SSSR count). The van der Waals surface area contributed by atoms with Crippen molar-refractivity contribution < 1.29 is 4.79 Å². The van der Waals surface area contributed by atoms with Crippen LogP contribution < -0.4 is 0 Å². The van der Waals surface area contributed by atoms with Crippen LogP contribution in [-0.2, 0) is 11.2 Å². The second-order valence-electron chi connectivity index (χ2n) is 5.45. The summed E-state index contributed by atoms with van der Waals surface area (Å²) in [5, 5.41) is 4.59. The summed E-state index contributed by atoms with van der Waals surface area (Å²) in [4.78, 5) is 14.3. The molecule has 0 spiro atoms. The highest BCUT2D eigenvalue weighted by molar-refractivity contribution is 5.79. The third kappa shape index (κ3) is 3.77. The molecule has 4 heteroatoms. The lowest BCUT2D eigenvalue weighted by Crippen LogP contribution is -2.32. The van der Waals surface area contributed by atoms with E-state index >= 15 is 0 Å². The lowest BCUT2D eigenvalue weighted by atomic mass is 10.1. The van der Waals surface area contributed by atoms with Crippen molar-refractivity contribution in [1.82, 2.24) is 14.7 Å². The maximum absolute atomic E-state index is 12.5. The van der Waals surface area contributed by atoms with Gasteiger partial charge in [-0.1, -0.05) is 30.4 Å². The lowest BCUT2D eigenvalue weighted by Gasteiger charge is -2.19. The van der Waals surface area contributed by atoms with Crippen molar-refractivity contribution in [3.63, 3.8) is 0 Å². The lowest BCUT2D eigenvalue weighted by molar-refractivity contribution is -0.129. The summed E-state index contributed by atoms with van der Waals surface area (Å²) in [7, 11) is 0. The first-order valence-corrected chi connectivity index (χ1v) is 7.68. The van der Waals surface area contributed by atoms with Crippen LogP contribution in [0.4, 0.5) is 0 Å². The topological polar surface area (TPSA) is 38.1 Å². The Morgan fingerprint density at radius 2 is 1.78 bits per heavy atom. The van der Waals surface area contributed by atoms with Crippen LogP contribution in [0.1, 0.15) is 17.0 Å². The summed E-state index contributed by atoms with van der Waals surface area (Å²) >= 11 is 0. The van der Waals surface area contributed by atoms with Gasteiger partial charge < -0.3 is 4.90 Å². The fourth-order valence-electron chi connectivity index (χ4n) is 2.60. The normalized spacial score (nSPS) is 10.3. The van der Waals surface area contributed by atoms with Gasteiger partial charge in [-0.2, -0.15) is 5.10 Å². The number of hydrogen-bond acceptors (Lipinski definition) is 2. The van der Waals surface area contributed by atoms with E-state index in [1.165, 1.54) is 0 Å². The number of rotatable bonds is 7. The third-order valence-electron chi connectivity index (χ3n) is 3.82. The number of nitrogens with zero attached hydrogens (tertiary/aromatic N) is 3. The van der Waals surface area contributed by atoms with Crippen molar-refractivity contribution in [3.8, 4) is 5.69 Å². The van der Waals surface area contributed by atoms with Crippen LogP contribution in [0.2, 0.25) is 0 Å². The molecule has 0 unspecified atom stereocenters. The van der Waals surface area contributed by atoms with Crippen LogP contribution in [-0.4, -0.2) is 33.7 Å². The van der Waals surface area contributed by atoms with E-state index in [0.717, 1.165) is 22.6 Å². The van der Waals surface area contributed by atoms with Crippen LogP contribution in [0.3, 0.4) is 0 Å². The Kier molecular flexibility index (Phi) is 5.52. The van der Waals surface area contributed by atoms with E-state index < -0.39 is 0 Å². The number of para-hydroxylation sites is 1. The standard InChI is InChI=1S/C19H23N3O/c1-5-12-21(13-6-2)19(23)14-18-15(3)20-22(16(18)4)17-10-8-7-9-11-17/h5-11H,1-2,12-14H2,3-4H3. The van der Waals surface area contributed by atoms with Gasteiger partial charge in [0.2, 0.25) is 5.91 Å². The number of hydrogen-bond donors (Lipinski definition) is 0. The van der Waals surface area contributed by atoms with Gasteiger partial charge >= 0.3 is 0 Å². The van der Waals surface area contributed by atoms with Crippen LogP contribution in [0.25, 0.3) is 5.69 Å². The molecule has 1 heterocycles. The molecule has 0 fully saturated rings. The monoisotopic (exact) mass is 309 g/mol. The minimum atomic E-state index is 0.0589.